The van der Waals surface area contributed by atoms with Gasteiger partial charge in [-0.2, -0.15) is 0 Å². The van der Waals surface area contributed by atoms with E-state index < -0.39 is 16.8 Å². The lowest BCUT2D eigenvalue weighted by atomic mass is 9.76. The molecule has 1 aromatic rings. The van der Waals surface area contributed by atoms with E-state index in [1.807, 2.05) is 0 Å². The van der Waals surface area contributed by atoms with Gasteiger partial charge < -0.3 is 19.0 Å². The van der Waals surface area contributed by atoms with Gasteiger partial charge in [-0.1, -0.05) is 15.9 Å². The van der Waals surface area contributed by atoms with Crippen LogP contribution < -0.4 is 10.5 Å². The van der Waals surface area contributed by atoms with E-state index in [4.69, 9.17) is 5.14 Å². The van der Waals surface area contributed by atoms with Crippen molar-refractivity contribution < 1.29 is 9.00 Å². The standard InChI is InChI=1S/C11H11BrN3O2S/c12-9-5-1-3-7(5)10(8-4-2-6(8)9)14-11(16)15-18(13)17/h1-4H2,(H3,13,14,15,16,17)/q-1. The molecule has 0 saturated heterocycles. The zero-order chi connectivity index (χ0) is 12.9. The topological polar surface area (TPSA) is 84.6 Å². The van der Waals surface area contributed by atoms with E-state index in [9.17, 15) is 9.00 Å². The molecule has 0 aliphatic heterocycles. The number of benzene rings is 1. The summed E-state index contributed by atoms with van der Waals surface area (Å²) < 4.78 is 15.2. The molecule has 18 heavy (non-hydrogen) atoms. The van der Waals surface area contributed by atoms with E-state index in [1.54, 1.807) is 0 Å². The highest BCUT2D eigenvalue weighted by molar-refractivity contribution is 9.10. The van der Waals surface area contributed by atoms with E-state index in [2.05, 4.69) is 25.6 Å². The molecule has 0 aromatic heterocycles. The largest absolute Gasteiger partial charge is 0.430 e. The summed E-state index contributed by atoms with van der Waals surface area (Å²) in [5, 5.41) is 7.69. The van der Waals surface area contributed by atoms with Crippen molar-refractivity contribution in [1.82, 2.24) is 0 Å². The number of nitrogens with two attached hydrogens (primary N) is 1. The minimum absolute atomic E-state index is 0.638. The van der Waals surface area contributed by atoms with Crippen LogP contribution in [0.1, 0.15) is 22.3 Å². The number of anilines is 1. The van der Waals surface area contributed by atoms with Crippen LogP contribution in [-0.2, 0) is 40.7 Å². The number of hydrogen-bond acceptors (Lipinski definition) is 3. The number of carbonyl (C=O) groups excluding carboxylic acids is 1. The van der Waals surface area contributed by atoms with Crippen molar-refractivity contribution in [3.8, 4) is 0 Å². The van der Waals surface area contributed by atoms with E-state index >= 15 is 0 Å². The van der Waals surface area contributed by atoms with E-state index in [0.717, 1.165) is 31.4 Å². The highest BCUT2D eigenvalue weighted by atomic mass is 79.9. The molecule has 2 aliphatic carbocycles. The van der Waals surface area contributed by atoms with Gasteiger partial charge in [0.1, 0.15) is 0 Å². The van der Waals surface area contributed by atoms with Gasteiger partial charge in [-0.05, 0) is 47.9 Å². The summed E-state index contributed by atoms with van der Waals surface area (Å²) in [6, 6.07) is -0.638. The number of fused-ring (bicyclic) bond motifs is 2. The first-order valence-corrected chi connectivity index (χ1v) is 7.58. The van der Waals surface area contributed by atoms with Crippen LogP contribution in [0.25, 0.3) is 0 Å². The molecule has 0 bridgehead atoms. The number of urea groups is 1. The van der Waals surface area contributed by atoms with Gasteiger partial charge in [0.25, 0.3) is 0 Å². The summed E-state index contributed by atoms with van der Waals surface area (Å²) >= 11 is 3.62. The van der Waals surface area contributed by atoms with Crippen molar-refractivity contribution in [3.63, 3.8) is 0 Å². The molecule has 0 fully saturated rings. The molecular weight excluding hydrogens is 318 g/mol. The molecule has 2 amide bonds. The lowest BCUT2D eigenvalue weighted by Crippen LogP contribution is -2.24. The first-order valence-electron chi connectivity index (χ1n) is 5.62. The maximum Gasteiger partial charge on any atom is 0.323 e. The van der Waals surface area contributed by atoms with Crippen molar-refractivity contribution in [1.29, 1.82) is 0 Å². The lowest BCUT2D eigenvalue weighted by Gasteiger charge is -2.34. The van der Waals surface area contributed by atoms with Gasteiger partial charge in [-0.3, -0.25) is 0 Å². The van der Waals surface area contributed by atoms with Gasteiger partial charge in [0.15, 0.2) is 0 Å². The van der Waals surface area contributed by atoms with Crippen LogP contribution in [0.3, 0.4) is 0 Å². The molecule has 0 unspecified atom stereocenters. The molecule has 1 aromatic carbocycles. The van der Waals surface area contributed by atoms with Crippen LogP contribution in [0.5, 0.6) is 0 Å². The van der Waals surface area contributed by atoms with Gasteiger partial charge in [0.2, 0.25) is 0 Å². The SMILES string of the molecule is N/[S-](=O)=N/C(=O)Nc1c2c(c(Br)c3c1CC3)CC2. The Hall–Kier alpha value is -0.920. The summed E-state index contributed by atoms with van der Waals surface area (Å²) in [6.45, 7) is 0. The minimum atomic E-state index is -1.96. The number of nitrogens with zero attached hydrogens (tertiary/aromatic N) is 1. The molecule has 3 rings (SSSR count). The smallest absolute Gasteiger partial charge is 0.323 e. The highest BCUT2D eigenvalue weighted by Crippen LogP contribution is 2.46. The van der Waals surface area contributed by atoms with Crippen LogP contribution in [-0.4, -0.2) is 6.03 Å². The zero-order valence-corrected chi connectivity index (χ0v) is 11.9. The van der Waals surface area contributed by atoms with E-state index in [-0.39, 0.29) is 0 Å². The van der Waals surface area contributed by atoms with Crippen LogP contribution in [0.2, 0.25) is 0 Å². The van der Waals surface area contributed by atoms with E-state index in [1.165, 1.54) is 26.7 Å². The Kier molecular flexibility index (Phi) is 2.91. The predicted molar refractivity (Wildman–Crippen MR) is 72.6 cm³/mol. The van der Waals surface area contributed by atoms with Crippen LogP contribution in [0.4, 0.5) is 10.5 Å². The number of hydrogen-bond donors (Lipinski definition) is 2. The molecule has 2 aliphatic rings. The molecule has 7 heteroatoms. The average molecular weight is 329 g/mol. The summed E-state index contributed by atoms with van der Waals surface area (Å²) in [5.74, 6) is 0. The highest BCUT2D eigenvalue weighted by Gasteiger charge is 2.31. The average Bonchev–Trinajstić information content (AvgIpc) is 2.09. The fourth-order valence-electron chi connectivity index (χ4n) is 2.51. The first kappa shape index (κ1) is 12.1. The Bertz CT molecular complexity index is 617. The van der Waals surface area contributed by atoms with Crippen molar-refractivity contribution in [2.75, 3.05) is 5.32 Å². The summed E-state index contributed by atoms with van der Waals surface area (Å²) in [4.78, 5) is 11.5. The normalized spacial score (nSPS) is 17.2. The quantitative estimate of drug-likeness (QED) is 0.774. The Morgan fingerprint density at radius 1 is 1.17 bits per heavy atom. The van der Waals surface area contributed by atoms with Gasteiger partial charge >= 0.3 is 6.03 Å². The van der Waals surface area contributed by atoms with Crippen molar-refractivity contribution in [2.45, 2.75) is 25.7 Å². The third kappa shape index (κ3) is 1.77. The Labute approximate surface area is 115 Å². The Morgan fingerprint density at radius 3 is 2.06 bits per heavy atom. The van der Waals surface area contributed by atoms with E-state index in [0.29, 0.717) is 0 Å². The fraction of sp³-hybridized carbons (Fsp3) is 0.364. The van der Waals surface area contributed by atoms with Crippen molar-refractivity contribution in [2.24, 2.45) is 9.50 Å². The Balaban J connectivity index is 2.01. The molecule has 0 heterocycles. The van der Waals surface area contributed by atoms with Gasteiger partial charge in [-0.25, -0.2) is 4.79 Å². The van der Waals surface area contributed by atoms with Crippen LogP contribution in [0.15, 0.2) is 8.84 Å². The summed E-state index contributed by atoms with van der Waals surface area (Å²) in [6.07, 6.45) is 3.99. The third-order valence-corrected chi connectivity index (χ3v) is 4.82. The molecule has 3 N–H and O–H groups in total. The molecule has 0 atom stereocenters. The third-order valence-electron chi connectivity index (χ3n) is 3.52. The number of carbonyl (C=O) groups is 1. The molecule has 96 valence electrons. The second-order valence-electron chi connectivity index (χ2n) is 4.40. The molecular formula is C11H11BrN3O2S-. The number of halogens is 1. The Morgan fingerprint density at radius 2 is 1.67 bits per heavy atom. The second kappa shape index (κ2) is 4.32. The molecule has 0 radical (unpaired) electrons. The maximum atomic E-state index is 11.5. The monoisotopic (exact) mass is 328 g/mol. The number of rotatable bonds is 1. The second-order valence-corrected chi connectivity index (χ2v) is 5.93. The number of amides is 2. The number of nitrogens with one attached hydrogen (secondary N) is 1. The molecule has 0 spiro atoms. The lowest BCUT2D eigenvalue weighted by molar-refractivity contribution is 0.260. The minimum Gasteiger partial charge on any atom is -0.430 e. The summed E-state index contributed by atoms with van der Waals surface area (Å²) in [5.41, 5.74) is 5.76. The van der Waals surface area contributed by atoms with Crippen LogP contribution in [0, 0.1) is 0 Å². The van der Waals surface area contributed by atoms with Crippen LogP contribution >= 0.6 is 15.9 Å². The predicted octanol–water partition coefficient (Wildman–Crippen LogP) is 2.20. The molecule has 5 nitrogen and oxygen atoms in total. The fourth-order valence-corrected chi connectivity index (χ4v) is 3.60. The molecule has 0 saturated carbocycles. The summed E-state index contributed by atoms with van der Waals surface area (Å²) in [7, 11) is -1.96. The van der Waals surface area contributed by atoms with Gasteiger partial charge in [-0.15, -0.1) is 10.8 Å². The zero-order valence-electron chi connectivity index (χ0n) is 9.46. The van der Waals surface area contributed by atoms with Crippen molar-refractivity contribution >= 4 is 38.4 Å². The van der Waals surface area contributed by atoms with Gasteiger partial charge in [0, 0.05) is 10.2 Å². The first-order chi connectivity index (χ1) is 8.58. The maximum absolute atomic E-state index is 11.5. The van der Waals surface area contributed by atoms with Gasteiger partial charge in [0.05, 0.1) is 0 Å². The van der Waals surface area contributed by atoms with Crippen molar-refractivity contribution in [3.05, 3.63) is 26.7 Å².